The van der Waals surface area contributed by atoms with Crippen LogP contribution in [0.4, 0.5) is 0 Å². The Labute approximate surface area is 74.7 Å². The van der Waals surface area contributed by atoms with Crippen LogP contribution in [0.1, 0.15) is 41.0 Å². The zero-order valence-electron chi connectivity index (χ0n) is 8.69. The normalized spacial score (nSPS) is 13.2. The minimum Gasteiger partial charge on any atom is -0.298 e. The number of rotatable bonds is 3. The molecule has 0 aromatic rings. The largest absolute Gasteiger partial charge is 0.298 e. The molecule has 0 rings (SSSR count). The summed E-state index contributed by atoms with van der Waals surface area (Å²) in [6.07, 6.45) is 0.546. The molecule has 0 aliphatic carbocycles. The number of hydrazine groups is 1. The second-order valence-electron chi connectivity index (χ2n) is 4.93. The van der Waals surface area contributed by atoms with Crippen molar-refractivity contribution in [3.63, 3.8) is 0 Å². The van der Waals surface area contributed by atoms with Crippen LogP contribution in [0.5, 0.6) is 0 Å². The molecular weight excluding hydrogens is 152 g/mol. The summed E-state index contributed by atoms with van der Waals surface area (Å²) >= 11 is 0. The molecule has 12 heavy (non-hydrogen) atoms. The Morgan fingerprint density at radius 2 is 1.67 bits per heavy atom. The van der Waals surface area contributed by atoms with Gasteiger partial charge >= 0.3 is 0 Å². The van der Waals surface area contributed by atoms with E-state index in [1.165, 1.54) is 0 Å². The number of carbonyl (C=O) groups excluding carboxylic acids is 1. The third kappa shape index (κ3) is 3.83. The maximum absolute atomic E-state index is 11.6. The second kappa shape index (κ2) is 3.54. The fourth-order valence-corrected chi connectivity index (χ4v) is 0.783. The van der Waals surface area contributed by atoms with Gasteiger partial charge in [0.15, 0.2) is 5.78 Å². The van der Waals surface area contributed by atoms with Crippen molar-refractivity contribution in [3.05, 3.63) is 0 Å². The third-order valence-corrected chi connectivity index (χ3v) is 1.75. The standard InChI is InChI=1S/C9H20N2O/c1-8(2,3)6-7(12)9(4,5)11-10/h11H,6,10H2,1-5H3. The highest BCUT2D eigenvalue weighted by molar-refractivity contribution is 5.87. The van der Waals surface area contributed by atoms with Crippen LogP contribution in [0, 0.1) is 5.41 Å². The SMILES string of the molecule is CC(C)(C)CC(=O)C(C)(C)NN. The monoisotopic (exact) mass is 172 g/mol. The first-order valence-corrected chi connectivity index (χ1v) is 4.20. The average molecular weight is 172 g/mol. The number of ketones is 1. The minimum atomic E-state index is -0.604. The van der Waals surface area contributed by atoms with Crippen LogP contribution in [-0.4, -0.2) is 11.3 Å². The maximum Gasteiger partial charge on any atom is 0.154 e. The van der Waals surface area contributed by atoms with Crippen molar-refractivity contribution in [1.29, 1.82) is 0 Å². The van der Waals surface area contributed by atoms with Gasteiger partial charge in [-0.05, 0) is 19.3 Å². The zero-order chi connectivity index (χ0) is 9.99. The van der Waals surface area contributed by atoms with Gasteiger partial charge in [0.25, 0.3) is 0 Å². The molecule has 72 valence electrons. The quantitative estimate of drug-likeness (QED) is 0.497. The van der Waals surface area contributed by atoms with Crippen LogP contribution in [0.2, 0.25) is 0 Å². The van der Waals surface area contributed by atoms with E-state index < -0.39 is 5.54 Å². The first-order chi connectivity index (χ1) is 5.19. The Hall–Kier alpha value is -0.410. The van der Waals surface area contributed by atoms with E-state index in [2.05, 4.69) is 5.43 Å². The summed E-state index contributed by atoms with van der Waals surface area (Å²) in [4.78, 5) is 11.6. The molecule has 0 atom stereocenters. The number of Topliss-reactive ketones (excluding diaryl/α,β-unsaturated/α-hetero) is 1. The molecule has 0 saturated heterocycles. The zero-order valence-corrected chi connectivity index (χ0v) is 8.69. The molecule has 0 aliphatic rings. The number of nitrogens with two attached hydrogens (primary N) is 1. The Kier molecular flexibility index (Phi) is 3.42. The molecule has 0 bridgehead atoms. The van der Waals surface area contributed by atoms with E-state index in [1.807, 2.05) is 20.8 Å². The predicted octanol–water partition coefficient (Wildman–Crippen LogP) is 1.23. The fourth-order valence-electron chi connectivity index (χ4n) is 0.783. The molecular formula is C9H20N2O. The van der Waals surface area contributed by atoms with Gasteiger partial charge in [0.05, 0.1) is 5.54 Å². The molecule has 0 aromatic carbocycles. The number of nitrogens with one attached hydrogen (secondary N) is 1. The Bertz CT molecular complexity index is 168. The highest BCUT2D eigenvalue weighted by Crippen LogP contribution is 2.22. The summed E-state index contributed by atoms with van der Waals surface area (Å²) in [5, 5.41) is 0. The van der Waals surface area contributed by atoms with Gasteiger partial charge in [-0.25, -0.2) is 5.43 Å². The van der Waals surface area contributed by atoms with Gasteiger partial charge in [0, 0.05) is 6.42 Å². The average Bonchev–Trinajstić information content (AvgIpc) is 1.84. The lowest BCUT2D eigenvalue weighted by molar-refractivity contribution is -0.126. The van der Waals surface area contributed by atoms with E-state index in [0.29, 0.717) is 6.42 Å². The van der Waals surface area contributed by atoms with Crippen molar-refractivity contribution in [2.24, 2.45) is 11.3 Å². The van der Waals surface area contributed by atoms with Gasteiger partial charge in [-0.3, -0.25) is 10.6 Å². The van der Waals surface area contributed by atoms with Crippen LogP contribution in [0.25, 0.3) is 0 Å². The van der Waals surface area contributed by atoms with Crippen molar-refractivity contribution in [3.8, 4) is 0 Å². The maximum atomic E-state index is 11.6. The molecule has 3 heteroatoms. The molecule has 0 amide bonds. The number of hydrogen-bond acceptors (Lipinski definition) is 3. The van der Waals surface area contributed by atoms with E-state index >= 15 is 0 Å². The minimum absolute atomic E-state index is 0.0329. The summed E-state index contributed by atoms with van der Waals surface area (Å²) in [6.45, 7) is 9.70. The van der Waals surface area contributed by atoms with Crippen molar-refractivity contribution >= 4 is 5.78 Å². The number of hydrogen-bond donors (Lipinski definition) is 2. The fraction of sp³-hybridized carbons (Fsp3) is 0.889. The molecule has 0 saturated carbocycles. The summed E-state index contributed by atoms with van der Waals surface area (Å²) in [7, 11) is 0. The molecule has 0 aromatic heterocycles. The first-order valence-electron chi connectivity index (χ1n) is 4.20. The molecule has 0 radical (unpaired) electrons. The van der Waals surface area contributed by atoms with Crippen molar-refractivity contribution in [1.82, 2.24) is 5.43 Å². The Morgan fingerprint density at radius 3 is 1.92 bits per heavy atom. The van der Waals surface area contributed by atoms with Crippen molar-refractivity contribution in [2.75, 3.05) is 0 Å². The van der Waals surface area contributed by atoms with Gasteiger partial charge in [0.2, 0.25) is 0 Å². The highest BCUT2D eigenvalue weighted by Gasteiger charge is 2.29. The van der Waals surface area contributed by atoms with Crippen LogP contribution in [-0.2, 0) is 4.79 Å². The van der Waals surface area contributed by atoms with Crippen molar-refractivity contribution < 1.29 is 4.79 Å². The third-order valence-electron chi connectivity index (χ3n) is 1.75. The van der Waals surface area contributed by atoms with Crippen LogP contribution >= 0.6 is 0 Å². The van der Waals surface area contributed by atoms with Gasteiger partial charge in [-0.2, -0.15) is 0 Å². The number of carbonyl (C=O) groups is 1. The molecule has 0 spiro atoms. The Balaban J connectivity index is 4.23. The lowest BCUT2D eigenvalue weighted by Gasteiger charge is -2.26. The predicted molar refractivity (Wildman–Crippen MR) is 50.5 cm³/mol. The molecule has 0 unspecified atom stereocenters. The highest BCUT2D eigenvalue weighted by atomic mass is 16.1. The van der Waals surface area contributed by atoms with Gasteiger partial charge in [0.1, 0.15) is 0 Å². The summed E-state index contributed by atoms with van der Waals surface area (Å²) in [6, 6.07) is 0. The molecule has 3 nitrogen and oxygen atoms in total. The summed E-state index contributed by atoms with van der Waals surface area (Å²) < 4.78 is 0. The van der Waals surface area contributed by atoms with E-state index in [-0.39, 0.29) is 11.2 Å². The van der Waals surface area contributed by atoms with E-state index in [1.54, 1.807) is 13.8 Å². The van der Waals surface area contributed by atoms with E-state index in [0.717, 1.165) is 0 Å². The molecule has 0 fully saturated rings. The summed E-state index contributed by atoms with van der Waals surface area (Å²) in [5.41, 5.74) is 1.94. The molecule has 0 heterocycles. The lowest BCUT2D eigenvalue weighted by Crippen LogP contribution is -2.51. The van der Waals surface area contributed by atoms with E-state index in [4.69, 9.17) is 5.84 Å². The van der Waals surface area contributed by atoms with Crippen molar-refractivity contribution in [2.45, 2.75) is 46.6 Å². The topological polar surface area (TPSA) is 55.1 Å². The smallest absolute Gasteiger partial charge is 0.154 e. The lowest BCUT2D eigenvalue weighted by atomic mass is 9.84. The van der Waals surface area contributed by atoms with E-state index in [9.17, 15) is 4.79 Å². The van der Waals surface area contributed by atoms with Crippen LogP contribution in [0.3, 0.4) is 0 Å². The first kappa shape index (κ1) is 11.6. The van der Waals surface area contributed by atoms with Gasteiger partial charge < -0.3 is 0 Å². The second-order valence-corrected chi connectivity index (χ2v) is 4.93. The summed E-state index contributed by atoms with van der Waals surface area (Å²) in [5.74, 6) is 5.41. The van der Waals surface area contributed by atoms with Crippen LogP contribution < -0.4 is 11.3 Å². The molecule has 3 N–H and O–H groups in total. The van der Waals surface area contributed by atoms with Crippen LogP contribution in [0.15, 0.2) is 0 Å². The van der Waals surface area contributed by atoms with Gasteiger partial charge in [-0.1, -0.05) is 20.8 Å². The van der Waals surface area contributed by atoms with Gasteiger partial charge in [-0.15, -0.1) is 0 Å². The molecule has 0 aliphatic heterocycles. The Morgan fingerprint density at radius 1 is 1.25 bits per heavy atom.